The summed E-state index contributed by atoms with van der Waals surface area (Å²) in [4.78, 5) is 0. The van der Waals surface area contributed by atoms with E-state index in [-0.39, 0.29) is 0 Å². The Balaban J connectivity index is 1.21. The largest absolute Gasteiger partial charge is 0.308 e. The number of benzene rings is 10. The van der Waals surface area contributed by atoms with E-state index in [0.717, 1.165) is 116 Å². The maximum Gasteiger partial charge on any atom is 0.0993 e. The number of hydrogen-bond donors (Lipinski definition) is 0. The van der Waals surface area contributed by atoms with Gasteiger partial charge in [0.2, 0.25) is 0 Å². The van der Waals surface area contributed by atoms with Crippen LogP contribution in [0.2, 0.25) is 0 Å². The molecule has 2 heterocycles. The molecule has 0 aliphatic rings. The Morgan fingerprint density at radius 3 is 0.887 bits per heavy atom. The highest BCUT2D eigenvalue weighted by Crippen LogP contribution is 2.45. The lowest BCUT2D eigenvalue weighted by Gasteiger charge is -2.21. The Morgan fingerprint density at radius 2 is 0.577 bits per heavy atom. The lowest BCUT2D eigenvalue weighted by atomic mass is 9.95. The quantitative estimate of drug-likeness (QED) is 0.160. The minimum Gasteiger partial charge on any atom is -0.308 e. The van der Waals surface area contributed by atoms with Crippen LogP contribution < -0.4 is 0 Å². The average molecular weight is 909 g/mol. The fraction of sp³-hybridized carbons (Fsp3) is 0.0746. The standard InChI is InChI=1S/C67H48N4/c1-41-10-6-14-48(27-41)52-18-22-61-57(35-52)58-36-53(49-15-7-11-42(2)28-49)19-23-62(58)70(61)65-33-47(40-69)34-66(67(65)56-31-45(5)26-46(32-56)39-68)71-63-24-20-54(50-16-8-12-43(3)29-50)37-59(63)60-38-55(21-25-64(60)71)51-17-9-13-44(4)30-51/h6-38H,1-5H3. The molecule has 0 saturated heterocycles. The molecule has 0 amide bonds. The van der Waals surface area contributed by atoms with Gasteiger partial charge in [-0.05, 0) is 163 Å². The third kappa shape index (κ3) is 7.55. The molecule has 4 heteroatoms. The number of nitrogens with zero attached hydrogens (tertiary/aromatic N) is 4. The lowest BCUT2D eigenvalue weighted by Crippen LogP contribution is -2.05. The molecule has 2 aromatic heterocycles. The van der Waals surface area contributed by atoms with Gasteiger partial charge in [0, 0.05) is 27.1 Å². The van der Waals surface area contributed by atoms with Gasteiger partial charge in [-0.3, -0.25) is 0 Å². The summed E-state index contributed by atoms with van der Waals surface area (Å²) in [5, 5.41) is 26.1. The Labute approximate surface area is 414 Å². The molecule has 0 aliphatic heterocycles. The third-order valence-corrected chi connectivity index (χ3v) is 14.1. The number of aromatic nitrogens is 2. The first-order valence-corrected chi connectivity index (χ1v) is 24.2. The summed E-state index contributed by atoms with van der Waals surface area (Å²) in [6.07, 6.45) is 0. The predicted octanol–water partition coefficient (Wildman–Crippen LogP) is 17.5. The Bertz CT molecular complexity index is 3820. The van der Waals surface area contributed by atoms with E-state index in [4.69, 9.17) is 0 Å². The Kier molecular flexibility index (Phi) is 10.4. The first kappa shape index (κ1) is 43.1. The Morgan fingerprint density at radius 1 is 0.282 bits per heavy atom. The monoisotopic (exact) mass is 908 g/mol. The number of aryl methyl sites for hydroxylation is 5. The van der Waals surface area contributed by atoms with Crippen molar-refractivity contribution in [1.82, 2.24) is 9.13 Å². The molecular weight excluding hydrogens is 861 g/mol. The van der Waals surface area contributed by atoms with Crippen LogP contribution in [0.5, 0.6) is 0 Å². The molecule has 4 nitrogen and oxygen atoms in total. The van der Waals surface area contributed by atoms with Crippen molar-refractivity contribution in [2.45, 2.75) is 34.6 Å². The maximum atomic E-state index is 11.2. The summed E-state index contributed by atoms with van der Waals surface area (Å²) >= 11 is 0. The molecule has 0 spiro atoms. The van der Waals surface area contributed by atoms with E-state index in [1.165, 1.54) is 22.3 Å². The number of hydrogen-bond acceptors (Lipinski definition) is 2. The fourth-order valence-electron chi connectivity index (χ4n) is 10.9. The fourth-order valence-corrected chi connectivity index (χ4v) is 10.9. The molecule has 71 heavy (non-hydrogen) atoms. The lowest BCUT2D eigenvalue weighted by molar-refractivity contribution is 1.13. The molecule has 0 fully saturated rings. The van der Waals surface area contributed by atoms with Crippen molar-refractivity contribution in [1.29, 1.82) is 10.5 Å². The van der Waals surface area contributed by atoms with Crippen molar-refractivity contribution in [2.24, 2.45) is 0 Å². The molecule has 0 radical (unpaired) electrons. The molecule has 10 aromatic carbocycles. The zero-order valence-electron chi connectivity index (χ0n) is 40.3. The highest BCUT2D eigenvalue weighted by molar-refractivity contribution is 6.14. The molecule has 0 atom stereocenters. The normalized spacial score (nSPS) is 11.4. The first-order chi connectivity index (χ1) is 34.6. The van der Waals surface area contributed by atoms with Gasteiger partial charge < -0.3 is 9.13 Å². The topological polar surface area (TPSA) is 57.4 Å². The van der Waals surface area contributed by atoms with Crippen LogP contribution in [-0.4, -0.2) is 9.13 Å². The molecule has 0 aliphatic carbocycles. The smallest absolute Gasteiger partial charge is 0.0993 e. The van der Waals surface area contributed by atoms with E-state index in [1.807, 2.05) is 31.2 Å². The number of fused-ring (bicyclic) bond motifs is 6. The molecule has 12 aromatic rings. The summed E-state index contributed by atoms with van der Waals surface area (Å²) in [7, 11) is 0. The summed E-state index contributed by atoms with van der Waals surface area (Å²) in [5.41, 5.74) is 23.6. The van der Waals surface area contributed by atoms with Crippen molar-refractivity contribution < 1.29 is 0 Å². The second-order valence-electron chi connectivity index (χ2n) is 19.3. The molecule has 0 bridgehead atoms. The second kappa shape index (κ2) is 17.1. The van der Waals surface area contributed by atoms with Crippen molar-refractivity contribution in [3.05, 3.63) is 239 Å². The van der Waals surface area contributed by atoms with Crippen LogP contribution in [0.3, 0.4) is 0 Å². The first-order valence-electron chi connectivity index (χ1n) is 24.2. The Hall–Kier alpha value is -9.22. The van der Waals surface area contributed by atoms with Crippen LogP contribution in [0, 0.1) is 57.3 Å². The molecule has 0 N–H and O–H groups in total. The van der Waals surface area contributed by atoms with E-state index in [9.17, 15) is 10.5 Å². The van der Waals surface area contributed by atoms with Crippen LogP contribution >= 0.6 is 0 Å². The van der Waals surface area contributed by atoms with Crippen molar-refractivity contribution in [3.8, 4) is 79.1 Å². The average Bonchev–Trinajstić information content (AvgIpc) is 3.89. The van der Waals surface area contributed by atoms with E-state index in [1.54, 1.807) is 0 Å². The highest BCUT2D eigenvalue weighted by Gasteiger charge is 2.25. The maximum absolute atomic E-state index is 11.2. The molecule has 336 valence electrons. The van der Waals surface area contributed by atoms with Gasteiger partial charge in [0.15, 0.2) is 0 Å². The summed E-state index contributed by atoms with van der Waals surface area (Å²) < 4.78 is 4.69. The predicted molar refractivity (Wildman–Crippen MR) is 295 cm³/mol. The molecule has 0 saturated carbocycles. The number of rotatable bonds is 7. The summed E-state index contributed by atoms with van der Waals surface area (Å²) in [6.45, 7) is 10.6. The third-order valence-electron chi connectivity index (χ3n) is 14.1. The van der Waals surface area contributed by atoms with E-state index >= 15 is 0 Å². The zero-order valence-corrected chi connectivity index (χ0v) is 40.3. The van der Waals surface area contributed by atoms with Crippen molar-refractivity contribution >= 4 is 43.6 Å². The van der Waals surface area contributed by atoms with Crippen LogP contribution in [0.25, 0.3) is 111 Å². The second-order valence-corrected chi connectivity index (χ2v) is 19.3. The van der Waals surface area contributed by atoms with Crippen LogP contribution in [0.1, 0.15) is 38.9 Å². The molecule has 0 unspecified atom stereocenters. The summed E-state index contributed by atoms with van der Waals surface area (Å²) in [6, 6.07) is 77.0. The van der Waals surface area contributed by atoms with Gasteiger partial charge in [-0.25, -0.2) is 0 Å². The zero-order chi connectivity index (χ0) is 48.5. The van der Waals surface area contributed by atoms with Gasteiger partial charge in [0.05, 0.1) is 56.7 Å². The van der Waals surface area contributed by atoms with Gasteiger partial charge in [0.1, 0.15) is 0 Å². The molecule has 12 rings (SSSR count). The van der Waals surface area contributed by atoms with E-state index in [2.05, 4.69) is 225 Å². The van der Waals surface area contributed by atoms with E-state index in [0.29, 0.717) is 11.1 Å². The van der Waals surface area contributed by atoms with Gasteiger partial charge in [-0.15, -0.1) is 0 Å². The minimum absolute atomic E-state index is 0.525. The van der Waals surface area contributed by atoms with E-state index < -0.39 is 0 Å². The van der Waals surface area contributed by atoms with Crippen molar-refractivity contribution in [2.75, 3.05) is 0 Å². The van der Waals surface area contributed by atoms with Crippen LogP contribution in [0.4, 0.5) is 0 Å². The van der Waals surface area contributed by atoms with Crippen LogP contribution in [-0.2, 0) is 0 Å². The number of nitriles is 2. The SMILES string of the molecule is Cc1cccc(-c2ccc3c(c2)c2cc(-c4cccc(C)c4)ccc2n3-c2cc(C#N)cc(-n3c4ccc(-c5cccc(C)c5)cc4c4cc(-c5cccc(C)c5)ccc43)c2-c2cc(C)cc(C#N)c2)c1. The van der Waals surface area contributed by atoms with Crippen LogP contribution in [0.15, 0.2) is 200 Å². The summed E-state index contributed by atoms with van der Waals surface area (Å²) in [5.74, 6) is 0. The van der Waals surface area contributed by atoms with Gasteiger partial charge in [-0.2, -0.15) is 10.5 Å². The minimum atomic E-state index is 0.525. The van der Waals surface area contributed by atoms with Gasteiger partial charge in [-0.1, -0.05) is 150 Å². The van der Waals surface area contributed by atoms with Gasteiger partial charge >= 0.3 is 0 Å². The van der Waals surface area contributed by atoms with Crippen molar-refractivity contribution in [3.63, 3.8) is 0 Å². The highest BCUT2D eigenvalue weighted by atomic mass is 15.0. The molecular formula is C67H48N4. The van der Waals surface area contributed by atoms with Gasteiger partial charge in [0.25, 0.3) is 0 Å².